The second kappa shape index (κ2) is 9.09. The van der Waals surface area contributed by atoms with Crippen LogP contribution in [-0.4, -0.2) is 70.9 Å². The van der Waals surface area contributed by atoms with E-state index in [4.69, 9.17) is 9.84 Å². The van der Waals surface area contributed by atoms with E-state index in [9.17, 15) is 22.5 Å². The summed E-state index contributed by atoms with van der Waals surface area (Å²) in [6, 6.07) is 8.84. The molecule has 2 heterocycles. The summed E-state index contributed by atoms with van der Waals surface area (Å²) in [5.41, 5.74) is -0.504. The van der Waals surface area contributed by atoms with E-state index >= 15 is 0 Å². The number of ether oxygens (including phenoxy) is 2. The van der Waals surface area contributed by atoms with Crippen molar-refractivity contribution in [3.63, 3.8) is 0 Å². The highest BCUT2D eigenvalue weighted by Crippen LogP contribution is 2.36. The van der Waals surface area contributed by atoms with Gasteiger partial charge in [0.15, 0.2) is 4.90 Å². The van der Waals surface area contributed by atoms with Crippen LogP contribution in [0, 0.1) is 0 Å². The maximum Gasteiger partial charge on any atom is 0.427 e. The number of likely N-dealkylation sites (tertiary alicyclic amines) is 1. The maximum absolute atomic E-state index is 12.7. The minimum atomic E-state index is -4.82. The summed E-state index contributed by atoms with van der Waals surface area (Å²) in [7, 11) is 0. The lowest BCUT2D eigenvalue weighted by Crippen LogP contribution is -2.49. The third kappa shape index (κ3) is 5.54. The lowest BCUT2D eigenvalue weighted by atomic mass is 9.88. The number of nitrogens with zero attached hydrogens (tertiary/aromatic N) is 1. The van der Waals surface area contributed by atoms with Gasteiger partial charge >= 0.3 is 12.3 Å². The number of amides is 1. The monoisotopic (exact) mass is 436 g/mol. The summed E-state index contributed by atoms with van der Waals surface area (Å²) in [4.78, 5) is 13.8. The molecule has 0 radical (unpaired) electrons. The van der Waals surface area contributed by atoms with Crippen LogP contribution in [0.4, 0.5) is 18.0 Å². The van der Waals surface area contributed by atoms with Crippen LogP contribution < -0.4 is 4.72 Å². The van der Waals surface area contributed by atoms with Crippen LogP contribution in [0.2, 0.25) is 0 Å². The normalized spacial score (nSPS) is 23.8. The standard InChI is InChI=1S/C18H23F3N2O5S/c19-18(20,21)15(11-24)28-16(25)23-8-6-17(7-9-23)10-13(12-27-17)22-29(26)14-4-2-1-3-5-14/h1-5,13,15,22,24H,6-12H2/t13?,15-,29?/m1/s1. The molecule has 1 aromatic rings. The van der Waals surface area contributed by atoms with Crippen LogP contribution >= 0.6 is 0 Å². The first kappa shape index (κ1) is 22.2. The Morgan fingerprint density at radius 2 is 2.03 bits per heavy atom. The molecule has 1 amide bonds. The van der Waals surface area contributed by atoms with Gasteiger partial charge in [-0.2, -0.15) is 13.2 Å². The van der Waals surface area contributed by atoms with Crippen LogP contribution in [0.15, 0.2) is 35.2 Å². The Labute approximate surface area is 169 Å². The van der Waals surface area contributed by atoms with Gasteiger partial charge < -0.3 is 24.0 Å². The van der Waals surface area contributed by atoms with E-state index < -0.39 is 41.9 Å². The lowest BCUT2D eigenvalue weighted by molar-refractivity contribution is -0.215. The van der Waals surface area contributed by atoms with Crippen molar-refractivity contribution in [3.05, 3.63) is 30.3 Å². The lowest BCUT2D eigenvalue weighted by Gasteiger charge is -2.38. The van der Waals surface area contributed by atoms with Crippen molar-refractivity contribution in [1.82, 2.24) is 9.62 Å². The number of carbonyl (C=O) groups excluding carboxylic acids is 1. The molecule has 2 fully saturated rings. The fraction of sp³-hybridized carbons (Fsp3) is 0.611. The van der Waals surface area contributed by atoms with Crippen molar-refractivity contribution in [3.8, 4) is 0 Å². The summed E-state index contributed by atoms with van der Waals surface area (Å²) in [5, 5.41) is 8.79. The molecule has 162 valence electrons. The van der Waals surface area contributed by atoms with Crippen LogP contribution in [0.25, 0.3) is 0 Å². The smallest absolute Gasteiger partial charge is 0.427 e. The van der Waals surface area contributed by atoms with E-state index in [1.807, 2.05) is 6.07 Å². The highest BCUT2D eigenvalue weighted by Gasteiger charge is 2.47. The number of rotatable bonds is 5. The van der Waals surface area contributed by atoms with Gasteiger partial charge in [0.2, 0.25) is 6.10 Å². The average molecular weight is 436 g/mol. The highest BCUT2D eigenvalue weighted by molar-refractivity contribution is 7.89. The predicted molar refractivity (Wildman–Crippen MR) is 97.3 cm³/mol. The number of benzene rings is 1. The second-order valence-corrected chi connectivity index (χ2v) is 8.42. The third-order valence-electron chi connectivity index (χ3n) is 5.15. The number of nitrogens with one attached hydrogen (secondary N) is 1. The molecule has 2 aliphatic rings. The summed E-state index contributed by atoms with van der Waals surface area (Å²) in [5.74, 6) is 0. The molecular formula is C18H23F3N2O5S. The summed E-state index contributed by atoms with van der Waals surface area (Å²) >= 11 is -1.37. The molecule has 2 saturated heterocycles. The fourth-order valence-corrected chi connectivity index (χ4v) is 4.53. The van der Waals surface area contributed by atoms with Crippen LogP contribution in [-0.2, 0) is 20.8 Å². The molecule has 0 aliphatic carbocycles. The Hall–Kier alpha value is -1.53. The Kier molecular flexibility index (Phi) is 6.94. The molecule has 29 heavy (non-hydrogen) atoms. The topological polar surface area (TPSA) is 94.1 Å². The molecular weight excluding hydrogens is 413 g/mol. The molecule has 3 rings (SSSR count). The van der Waals surface area contributed by atoms with Gasteiger partial charge in [-0.1, -0.05) is 18.2 Å². The average Bonchev–Trinajstić information content (AvgIpc) is 3.08. The number of aliphatic hydroxyl groups excluding tert-OH is 1. The Morgan fingerprint density at radius 1 is 1.38 bits per heavy atom. The van der Waals surface area contributed by atoms with Gasteiger partial charge in [-0.15, -0.1) is 4.72 Å². The van der Waals surface area contributed by atoms with E-state index in [0.717, 1.165) is 0 Å². The summed E-state index contributed by atoms with van der Waals surface area (Å²) < 4.78 is 63.7. The van der Waals surface area contributed by atoms with Gasteiger partial charge in [-0.25, -0.2) is 4.79 Å². The largest absolute Gasteiger partial charge is 0.593 e. The van der Waals surface area contributed by atoms with E-state index in [1.54, 1.807) is 24.3 Å². The van der Waals surface area contributed by atoms with Crippen LogP contribution in [0.1, 0.15) is 19.3 Å². The maximum atomic E-state index is 12.7. The molecule has 11 heteroatoms. The first-order valence-electron chi connectivity index (χ1n) is 9.22. The molecule has 0 aromatic heterocycles. The fourth-order valence-electron chi connectivity index (χ4n) is 3.53. The van der Waals surface area contributed by atoms with E-state index in [1.165, 1.54) is 4.90 Å². The molecule has 2 aliphatic heterocycles. The van der Waals surface area contributed by atoms with E-state index in [-0.39, 0.29) is 19.1 Å². The second-order valence-electron chi connectivity index (χ2n) is 7.18. The predicted octanol–water partition coefficient (Wildman–Crippen LogP) is 1.98. The Morgan fingerprint density at radius 3 is 2.62 bits per heavy atom. The van der Waals surface area contributed by atoms with Gasteiger partial charge in [0.05, 0.1) is 36.2 Å². The molecule has 2 unspecified atom stereocenters. The zero-order valence-corrected chi connectivity index (χ0v) is 16.4. The Balaban J connectivity index is 1.48. The molecule has 3 atom stereocenters. The number of piperidine rings is 1. The molecule has 1 spiro atoms. The van der Waals surface area contributed by atoms with Crippen molar-refractivity contribution in [2.45, 2.75) is 48.1 Å². The number of hydrogen-bond acceptors (Lipinski definition) is 6. The van der Waals surface area contributed by atoms with E-state index in [0.29, 0.717) is 30.8 Å². The summed E-state index contributed by atoms with van der Waals surface area (Å²) in [6.45, 7) is -0.585. The van der Waals surface area contributed by atoms with Crippen molar-refractivity contribution in [1.29, 1.82) is 0 Å². The van der Waals surface area contributed by atoms with Gasteiger partial charge in [0.1, 0.15) is 0 Å². The minimum Gasteiger partial charge on any atom is -0.593 e. The molecule has 0 saturated carbocycles. The first-order valence-corrected chi connectivity index (χ1v) is 10.4. The first-order chi connectivity index (χ1) is 13.7. The van der Waals surface area contributed by atoms with Gasteiger partial charge in [0.25, 0.3) is 0 Å². The van der Waals surface area contributed by atoms with Crippen molar-refractivity contribution in [2.75, 3.05) is 26.3 Å². The van der Waals surface area contributed by atoms with Crippen LogP contribution in [0.5, 0.6) is 0 Å². The van der Waals surface area contributed by atoms with Gasteiger partial charge in [-0.3, -0.25) is 0 Å². The third-order valence-corrected chi connectivity index (χ3v) is 6.39. The molecule has 2 N–H and O–H groups in total. The summed E-state index contributed by atoms with van der Waals surface area (Å²) in [6.07, 6.45) is -6.98. The van der Waals surface area contributed by atoms with Crippen molar-refractivity contribution in [2.24, 2.45) is 0 Å². The number of carbonyl (C=O) groups is 1. The quantitative estimate of drug-likeness (QED) is 0.686. The van der Waals surface area contributed by atoms with Crippen molar-refractivity contribution >= 4 is 17.5 Å². The molecule has 0 bridgehead atoms. The Bertz CT molecular complexity index is 686. The zero-order valence-electron chi connectivity index (χ0n) is 15.6. The number of halogens is 3. The van der Waals surface area contributed by atoms with Crippen molar-refractivity contribution < 1.29 is 37.1 Å². The molecule has 7 nitrogen and oxygen atoms in total. The SMILES string of the molecule is O=C(O[C@H](CO)C(F)(F)F)N1CCC2(CC1)CC(N[S+]([O-])c1ccccc1)CO2. The van der Waals surface area contributed by atoms with Gasteiger partial charge in [-0.05, 0) is 31.4 Å². The number of hydrogen-bond donors (Lipinski definition) is 2. The van der Waals surface area contributed by atoms with Crippen LogP contribution in [0.3, 0.4) is 0 Å². The molecule has 1 aromatic carbocycles. The highest BCUT2D eigenvalue weighted by atomic mass is 32.2. The van der Waals surface area contributed by atoms with E-state index in [2.05, 4.69) is 9.46 Å². The zero-order chi connectivity index (χ0) is 21.1. The minimum absolute atomic E-state index is 0.126. The number of alkyl halides is 3. The number of aliphatic hydroxyl groups is 1. The van der Waals surface area contributed by atoms with Gasteiger partial charge in [0, 0.05) is 13.1 Å².